The number of hydrogen-bond acceptors (Lipinski definition) is 2. The lowest BCUT2D eigenvalue weighted by Gasteiger charge is -2.12. The number of nitrogens with zero attached hydrogens (tertiary/aromatic N) is 2. The average Bonchev–Trinajstić information content (AvgIpc) is 3.23. The number of aryl methyl sites for hydroxylation is 1. The smallest absolute Gasteiger partial charge is 0.320 e. The molecule has 0 unspecified atom stereocenters. The summed E-state index contributed by atoms with van der Waals surface area (Å²) in [6.07, 6.45) is 4.09. The number of anilines is 1. The van der Waals surface area contributed by atoms with Gasteiger partial charge in [0.25, 0.3) is 0 Å². The predicted molar refractivity (Wildman–Crippen MR) is 82.6 cm³/mol. The number of rotatable bonds is 4. The number of urea groups is 1. The highest BCUT2D eigenvalue weighted by Crippen LogP contribution is 2.32. The number of nitrogens with one attached hydrogen (secondary N) is 2. The Bertz CT molecular complexity index is 693. The van der Waals surface area contributed by atoms with E-state index in [1.807, 2.05) is 6.92 Å². The highest BCUT2D eigenvalue weighted by Gasteiger charge is 2.28. The van der Waals surface area contributed by atoms with Crippen LogP contribution in [0.2, 0.25) is 0 Å². The average molecular weight is 302 g/mol. The summed E-state index contributed by atoms with van der Waals surface area (Å²) in [5.41, 5.74) is 1.30. The summed E-state index contributed by atoms with van der Waals surface area (Å²) in [5.74, 6) is 0.815. The molecule has 22 heavy (non-hydrogen) atoms. The first kappa shape index (κ1) is 14.6. The molecule has 1 fully saturated rings. The SMILES string of the molecule is Cc1cc(-n2ccc(NC(=O)N[C@@H](C)C3CC3)n2)ccc1F. The Balaban J connectivity index is 1.65. The van der Waals surface area contributed by atoms with Crippen LogP contribution in [0.1, 0.15) is 25.3 Å². The van der Waals surface area contributed by atoms with Crippen molar-refractivity contribution in [1.29, 1.82) is 0 Å². The number of carbonyl (C=O) groups is 1. The molecule has 6 heteroatoms. The van der Waals surface area contributed by atoms with Crippen LogP contribution in [0.25, 0.3) is 5.69 Å². The first-order valence-corrected chi connectivity index (χ1v) is 7.42. The number of benzene rings is 1. The zero-order chi connectivity index (χ0) is 15.7. The van der Waals surface area contributed by atoms with Gasteiger partial charge in [-0.3, -0.25) is 5.32 Å². The summed E-state index contributed by atoms with van der Waals surface area (Å²) in [5, 5.41) is 9.90. The number of halogens is 1. The van der Waals surface area contributed by atoms with E-state index in [1.165, 1.54) is 18.9 Å². The largest absolute Gasteiger partial charge is 0.335 e. The summed E-state index contributed by atoms with van der Waals surface area (Å²) in [6, 6.07) is 6.40. The van der Waals surface area contributed by atoms with E-state index in [1.54, 1.807) is 36.0 Å². The second-order valence-corrected chi connectivity index (χ2v) is 5.80. The molecular formula is C16H19FN4O. The van der Waals surface area contributed by atoms with Gasteiger partial charge in [0.15, 0.2) is 5.82 Å². The molecule has 5 nitrogen and oxygen atoms in total. The molecule has 1 aromatic heterocycles. The van der Waals surface area contributed by atoms with Crippen molar-refractivity contribution in [3.63, 3.8) is 0 Å². The van der Waals surface area contributed by atoms with Gasteiger partial charge in [0.05, 0.1) is 5.69 Å². The van der Waals surface area contributed by atoms with Gasteiger partial charge in [0.1, 0.15) is 5.82 Å². The van der Waals surface area contributed by atoms with E-state index in [0.717, 1.165) is 5.69 Å². The molecule has 1 aliphatic rings. The Kier molecular flexibility index (Phi) is 3.83. The van der Waals surface area contributed by atoms with E-state index < -0.39 is 0 Å². The van der Waals surface area contributed by atoms with Crippen LogP contribution < -0.4 is 10.6 Å². The third-order valence-corrected chi connectivity index (χ3v) is 3.92. The Hall–Kier alpha value is -2.37. The zero-order valence-corrected chi connectivity index (χ0v) is 12.6. The molecule has 1 aromatic carbocycles. The van der Waals surface area contributed by atoms with Gasteiger partial charge in [0.2, 0.25) is 0 Å². The highest BCUT2D eigenvalue weighted by molar-refractivity contribution is 5.88. The Morgan fingerprint density at radius 3 is 2.86 bits per heavy atom. The van der Waals surface area contributed by atoms with Gasteiger partial charge in [-0.2, -0.15) is 0 Å². The summed E-state index contributed by atoms with van der Waals surface area (Å²) >= 11 is 0. The molecule has 1 atom stereocenters. The van der Waals surface area contributed by atoms with Crippen molar-refractivity contribution >= 4 is 11.8 Å². The lowest BCUT2D eigenvalue weighted by molar-refractivity contribution is 0.248. The number of amides is 2. The lowest BCUT2D eigenvalue weighted by Crippen LogP contribution is -2.37. The molecule has 1 saturated carbocycles. The molecule has 1 aliphatic carbocycles. The second-order valence-electron chi connectivity index (χ2n) is 5.80. The summed E-state index contributed by atoms with van der Waals surface area (Å²) < 4.78 is 14.9. The van der Waals surface area contributed by atoms with Crippen molar-refractivity contribution in [2.45, 2.75) is 32.7 Å². The van der Waals surface area contributed by atoms with E-state index in [4.69, 9.17) is 0 Å². The van der Waals surface area contributed by atoms with Gasteiger partial charge < -0.3 is 5.32 Å². The van der Waals surface area contributed by atoms with Gasteiger partial charge in [-0.05, 0) is 56.4 Å². The minimum absolute atomic E-state index is 0.182. The molecule has 0 radical (unpaired) electrons. The molecule has 3 rings (SSSR count). The fraction of sp³-hybridized carbons (Fsp3) is 0.375. The fourth-order valence-electron chi connectivity index (χ4n) is 2.38. The van der Waals surface area contributed by atoms with E-state index in [-0.39, 0.29) is 17.9 Å². The highest BCUT2D eigenvalue weighted by atomic mass is 19.1. The first-order valence-electron chi connectivity index (χ1n) is 7.42. The molecule has 0 spiro atoms. The maximum atomic E-state index is 13.3. The molecule has 0 saturated heterocycles. The van der Waals surface area contributed by atoms with E-state index in [9.17, 15) is 9.18 Å². The van der Waals surface area contributed by atoms with Crippen LogP contribution in [-0.2, 0) is 0 Å². The van der Waals surface area contributed by atoms with Crippen molar-refractivity contribution in [3.8, 4) is 5.69 Å². The topological polar surface area (TPSA) is 59.0 Å². The monoisotopic (exact) mass is 302 g/mol. The molecule has 2 amide bonds. The van der Waals surface area contributed by atoms with Crippen LogP contribution >= 0.6 is 0 Å². The van der Waals surface area contributed by atoms with Crippen molar-refractivity contribution in [2.75, 3.05) is 5.32 Å². The maximum Gasteiger partial charge on any atom is 0.320 e. The van der Waals surface area contributed by atoms with Gasteiger partial charge in [-0.1, -0.05) is 0 Å². The number of aromatic nitrogens is 2. The predicted octanol–water partition coefficient (Wildman–Crippen LogP) is 3.24. The third-order valence-electron chi connectivity index (χ3n) is 3.92. The maximum absolute atomic E-state index is 13.3. The molecular weight excluding hydrogens is 283 g/mol. The van der Waals surface area contributed by atoms with E-state index in [2.05, 4.69) is 15.7 Å². The van der Waals surface area contributed by atoms with Crippen LogP contribution in [0.15, 0.2) is 30.5 Å². The number of hydrogen-bond donors (Lipinski definition) is 2. The van der Waals surface area contributed by atoms with Crippen LogP contribution in [0.3, 0.4) is 0 Å². The van der Waals surface area contributed by atoms with E-state index in [0.29, 0.717) is 17.3 Å². The van der Waals surface area contributed by atoms with Crippen molar-refractivity contribution in [3.05, 3.63) is 41.8 Å². The minimum Gasteiger partial charge on any atom is -0.335 e. The Morgan fingerprint density at radius 1 is 1.41 bits per heavy atom. The minimum atomic E-state index is -0.250. The van der Waals surface area contributed by atoms with Gasteiger partial charge in [-0.15, -0.1) is 5.10 Å². The molecule has 2 N–H and O–H groups in total. The lowest BCUT2D eigenvalue weighted by atomic mass is 10.2. The quantitative estimate of drug-likeness (QED) is 0.911. The summed E-state index contributed by atoms with van der Waals surface area (Å²) in [4.78, 5) is 11.9. The Morgan fingerprint density at radius 2 is 2.18 bits per heavy atom. The van der Waals surface area contributed by atoms with Gasteiger partial charge in [0, 0.05) is 18.3 Å². The summed E-state index contributed by atoms with van der Waals surface area (Å²) in [7, 11) is 0. The van der Waals surface area contributed by atoms with E-state index >= 15 is 0 Å². The molecule has 0 bridgehead atoms. The summed E-state index contributed by atoms with van der Waals surface area (Å²) in [6.45, 7) is 3.71. The van der Waals surface area contributed by atoms with Crippen LogP contribution in [-0.4, -0.2) is 21.9 Å². The zero-order valence-electron chi connectivity index (χ0n) is 12.6. The van der Waals surface area contributed by atoms with Gasteiger partial charge >= 0.3 is 6.03 Å². The standard InChI is InChI=1S/C16H19FN4O/c1-10-9-13(5-6-14(10)17)21-8-7-15(20-21)19-16(22)18-11(2)12-3-4-12/h5-9,11-12H,3-4H2,1-2H3,(H2,18,19,20,22)/t11-/m0/s1. The third kappa shape index (κ3) is 3.27. The first-order chi connectivity index (χ1) is 10.5. The fourth-order valence-corrected chi connectivity index (χ4v) is 2.38. The van der Waals surface area contributed by atoms with Crippen molar-refractivity contribution in [2.24, 2.45) is 5.92 Å². The van der Waals surface area contributed by atoms with Crippen LogP contribution in [0.4, 0.5) is 15.0 Å². The van der Waals surface area contributed by atoms with Crippen LogP contribution in [0.5, 0.6) is 0 Å². The molecule has 0 aliphatic heterocycles. The molecule has 2 aromatic rings. The number of carbonyl (C=O) groups excluding carboxylic acids is 1. The normalized spacial score (nSPS) is 15.4. The van der Waals surface area contributed by atoms with Crippen LogP contribution in [0, 0.1) is 18.7 Å². The second kappa shape index (κ2) is 5.79. The van der Waals surface area contributed by atoms with Crippen molar-refractivity contribution in [1.82, 2.24) is 15.1 Å². The van der Waals surface area contributed by atoms with Gasteiger partial charge in [-0.25, -0.2) is 13.9 Å². The Labute approximate surface area is 128 Å². The van der Waals surface area contributed by atoms with Crippen molar-refractivity contribution < 1.29 is 9.18 Å². The molecule has 1 heterocycles. The molecule has 116 valence electrons.